The summed E-state index contributed by atoms with van der Waals surface area (Å²) in [4.78, 5) is 0.340. The number of alkyl halides is 1. The number of anilines is 1. The Labute approximate surface area is 161 Å². The fourth-order valence-electron chi connectivity index (χ4n) is 3.35. The van der Waals surface area contributed by atoms with E-state index in [9.17, 15) is 8.42 Å². The molecule has 128 valence electrons. The lowest BCUT2D eigenvalue weighted by atomic mass is 10.1. The minimum atomic E-state index is -3.59. The number of aryl methyl sites for hydroxylation is 1. The van der Waals surface area contributed by atoms with Crippen LogP contribution in [-0.4, -0.2) is 19.4 Å². The van der Waals surface area contributed by atoms with Crippen molar-refractivity contribution in [3.63, 3.8) is 0 Å². The molecule has 1 aromatic heterocycles. The van der Waals surface area contributed by atoms with E-state index in [1.54, 1.807) is 16.4 Å². The van der Waals surface area contributed by atoms with Crippen molar-refractivity contribution in [2.45, 2.75) is 17.9 Å². The summed E-state index contributed by atoms with van der Waals surface area (Å²) in [5.41, 5.74) is 2.78. The molecule has 0 N–H and O–H groups in total. The highest BCUT2D eigenvalue weighted by molar-refractivity contribution is 14.1. The normalized spacial score (nSPS) is 17.0. The maximum atomic E-state index is 13.3. The molecule has 4 nitrogen and oxygen atoms in total. The Hall–Kier alpha value is -1.67. The average molecular weight is 465 g/mol. The highest BCUT2D eigenvalue weighted by Gasteiger charge is 2.38. The summed E-state index contributed by atoms with van der Waals surface area (Å²) in [6.07, 6.45) is 2.05. The fourth-order valence-corrected chi connectivity index (χ4v) is 5.56. The lowest BCUT2D eigenvalue weighted by Crippen LogP contribution is -2.53. The molecule has 0 radical (unpaired) electrons. The Morgan fingerprint density at radius 3 is 2.56 bits per heavy atom. The van der Waals surface area contributed by atoms with Gasteiger partial charge in [0.05, 0.1) is 15.9 Å². The number of rotatable bonds is 3. The summed E-state index contributed by atoms with van der Waals surface area (Å²) in [5, 5.41) is 1.05. The highest BCUT2D eigenvalue weighted by Crippen LogP contribution is 2.34. The molecule has 1 aliphatic heterocycles. The van der Waals surface area contributed by atoms with Gasteiger partial charge in [-0.1, -0.05) is 46.4 Å². The van der Waals surface area contributed by atoms with Gasteiger partial charge in [0.25, 0.3) is 10.0 Å². The van der Waals surface area contributed by atoms with Crippen LogP contribution in [0.2, 0.25) is 0 Å². The van der Waals surface area contributed by atoms with Gasteiger partial charge in [-0.05, 0) is 37.3 Å². The van der Waals surface area contributed by atoms with Crippen molar-refractivity contribution >= 4 is 49.2 Å². The van der Waals surface area contributed by atoms with Crippen LogP contribution < -0.4 is 8.87 Å². The first-order valence-electron chi connectivity index (χ1n) is 8.10. The second kappa shape index (κ2) is 6.25. The van der Waals surface area contributed by atoms with Crippen LogP contribution >= 0.6 is 22.6 Å². The van der Waals surface area contributed by atoms with E-state index in [4.69, 9.17) is 0 Å². The van der Waals surface area contributed by atoms with Gasteiger partial charge in [-0.15, -0.1) is 0 Å². The fraction of sp³-hybridized carbons (Fsp3) is 0.211. The maximum Gasteiger partial charge on any atom is 0.264 e. The van der Waals surface area contributed by atoms with Crippen LogP contribution in [0.1, 0.15) is 11.6 Å². The average Bonchev–Trinajstić information content (AvgIpc) is 2.62. The van der Waals surface area contributed by atoms with Crippen LogP contribution in [0.25, 0.3) is 10.9 Å². The quantitative estimate of drug-likeness (QED) is 0.337. The smallest absolute Gasteiger partial charge is 0.253 e. The molecule has 1 aliphatic rings. The van der Waals surface area contributed by atoms with E-state index in [1.165, 1.54) is 0 Å². The molecule has 0 spiro atoms. The molecule has 1 atom stereocenters. The van der Waals surface area contributed by atoms with Crippen molar-refractivity contribution in [2.75, 3.05) is 15.3 Å². The van der Waals surface area contributed by atoms with Crippen molar-refractivity contribution in [3.8, 4) is 0 Å². The van der Waals surface area contributed by atoms with Gasteiger partial charge in [-0.2, -0.15) is 4.57 Å². The standard InChI is InChI=1S/C19H18IN2O2S/c1-14-7-9-17(10-8-14)25(23,24)22-13-16(12-20)21-11-3-5-15-4-2-6-18(22)19(15)21/h2-11,16H,12-13H2,1H3/q+1/t16-/m0/s1. The third-order valence-corrected chi connectivity index (χ3v) is 7.46. The van der Waals surface area contributed by atoms with E-state index in [1.807, 2.05) is 55.6 Å². The molecule has 3 aromatic rings. The molecule has 6 heteroatoms. The predicted octanol–water partition coefficient (Wildman–Crippen LogP) is 3.62. The van der Waals surface area contributed by atoms with Crippen molar-refractivity contribution in [3.05, 3.63) is 66.4 Å². The summed E-state index contributed by atoms with van der Waals surface area (Å²) in [5.74, 6) is 0. The molecule has 0 aliphatic carbocycles. The Bertz CT molecular complexity index is 1040. The number of aromatic nitrogens is 1. The van der Waals surface area contributed by atoms with Gasteiger partial charge in [0.2, 0.25) is 5.52 Å². The summed E-state index contributed by atoms with van der Waals surface area (Å²) in [7, 11) is -3.59. The Morgan fingerprint density at radius 1 is 1.12 bits per heavy atom. The Morgan fingerprint density at radius 2 is 1.84 bits per heavy atom. The zero-order valence-electron chi connectivity index (χ0n) is 13.8. The molecule has 2 aromatic carbocycles. The van der Waals surface area contributed by atoms with E-state index >= 15 is 0 Å². The van der Waals surface area contributed by atoms with E-state index < -0.39 is 10.0 Å². The third-order valence-electron chi connectivity index (χ3n) is 4.65. The molecule has 0 saturated heterocycles. The molecule has 0 amide bonds. The van der Waals surface area contributed by atoms with Crippen LogP contribution in [0.5, 0.6) is 0 Å². The van der Waals surface area contributed by atoms with E-state index in [0.717, 1.165) is 26.6 Å². The molecule has 4 rings (SSSR count). The number of para-hydroxylation sites is 1. The maximum absolute atomic E-state index is 13.3. The molecule has 0 bridgehead atoms. The van der Waals surface area contributed by atoms with Crippen LogP contribution in [0.15, 0.2) is 65.7 Å². The molecule has 0 fully saturated rings. The van der Waals surface area contributed by atoms with Gasteiger partial charge >= 0.3 is 0 Å². The van der Waals surface area contributed by atoms with Crippen LogP contribution in [0.3, 0.4) is 0 Å². The summed E-state index contributed by atoms with van der Waals surface area (Å²) in [6.45, 7) is 2.40. The summed E-state index contributed by atoms with van der Waals surface area (Å²) < 4.78 is 31.3. The SMILES string of the molecule is Cc1ccc(S(=O)(=O)N2C[C@H](CI)[n+]3cccc4cccc2c43)cc1. The second-order valence-corrected chi connectivity index (χ2v) is 9.03. The molecule has 0 unspecified atom stereocenters. The lowest BCUT2D eigenvalue weighted by Gasteiger charge is -2.30. The van der Waals surface area contributed by atoms with E-state index in [2.05, 4.69) is 27.2 Å². The van der Waals surface area contributed by atoms with Crippen LogP contribution in [0, 0.1) is 6.92 Å². The Kier molecular flexibility index (Phi) is 4.19. The van der Waals surface area contributed by atoms with Crippen molar-refractivity contribution in [2.24, 2.45) is 0 Å². The first-order valence-corrected chi connectivity index (χ1v) is 11.1. The molecular weight excluding hydrogens is 447 g/mol. The number of hydrogen-bond acceptors (Lipinski definition) is 2. The highest BCUT2D eigenvalue weighted by atomic mass is 127. The summed E-state index contributed by atoms with van der Waals surface area (Å²) in [6, 6.07) is 17.1. The monoisotopic (exact) mass is 465 g/mol. The number of hydrogen-bond donors (Lipinski definition) is 0. The van der Waals surface area contributed by atoms with Gasteiger partial charge in [0, 0.05) is 11.5 Å². The van der Waals surface area contributed by atoms with Crippen LogP contribution in [0.4, 0.5) is 5.69 Å². The van der Waals surface area contributed by atoms with Gasteiger partial charge < -0.3 is 0 Å². The number of sulfonamides is 1. The Balaban J connectivity index is 1.95. The van der Waals surface area contributed by atoms with E-state index in [-0.39, 0.29) is 6.04 Å². The third kappa shape index (κ3) is 2.71. The predicted molar refractivity (Wildman–Crippen MR) is 108 cm³/mol. The van der Waals surface area contributed by atoms with Gasteiger partial charge in [0.15, 0.2) is 12.2 Å². The van der Waals surface area contributed by atoms with Gasteiger partial charge in [-0.3, -0.25) is 4.31 Å². The zero-order valence-corrected chi connectivity index (χ0v) is 16.7. The topological polar surface area (TPSA) is 41.3 Å². The number of nitrogens with zero attached hydrogens (tertiary/aromatic N) is 2. The molecule has 2 heterocycles. The van der Waals surface area contributed by atoms with Crippen molar-refractivity contribution in [1.82, 2.24) is 0 Å². The van der Waals surface area contributed by atoms with Gasteiger partial charge in [-0.25, -0.2) is 8.42 Å². The summed E-state index contributed by atoms with van der Waals surface area (Å²) >= 11 is 2.33. The van der Waals surface area contributed by atoms with Crippen LogP contribution in [-0.2, 0) is 10.0 Å². The zero-order chi connectivity index (χ0) is 17.6. The molecule has 25 heavy (non-hydrogen) atoms. The minimum Gasteiger partial charge on any atom is -0.253 e. The van der Waals surface area contributed by atoms with Gasteiger partial charge in [0.1, 0.15) is 5.69 Å². The second-order valence-electron chi connectivity index (χ2n) is 6.29. The first kappa shape index (κ1) is 16.8. The molecular formula is C19H18IN2O2S+. The molecule has 0 saturated carbocycles. The lowest BCUT2D eigenvalue weighted by molar-refractivity contribution is -0.691. The number of pyridine rings is 1. The first-order chi connectivity index (χ1) is 12.0. The number of halogens is 1. The van der Waals surface area contributed by atoms with E-state index in [0.29, 0.717) is 11.4 Å². The number of benzene rings is 2. The minimum absolute atomic E-state index is 0.111. The van der Waals surface area contributed by atoms with Crippen molar-refractivity contribution in [1.29, 1.82) is 0 Å². The van der Waals surface area contributed by atoms with Crippen molar-refractivity contribution < 1.29 is 13.0 Å². The largest absolute Gasteiger partial charge is 0.264 e.